The third-order valence-corrected chi connectivity index (χ3v) is 2.99. The van der Waals surface area contributed by atoms with Crippen molar-refractivity contribution in [2.24, 2.45) is 5.73 Å². The molecule has 0 unspecified atom stereocenters. The Hall–Kier alpha value is -1.46. The van der Waals surface area contributed by atoms with Gasteiger partial charge in [0.05, 0.1) is 5.69 Å². The number of hydrogen-bond acceptors (Lipinski definition) is 5. The molecule has 2 heterocycles. The van der Waals surface area contributed by atoms with Crippen LogP contribution >= 0.6 is 11.8 Å². The second kappa shape index (κ2) is 5.05. The number of rotatable bonds is 3. The van der Waals surface area contributed by atoms with Crippen LogP contribution in [0.2, 0.25) is 0 Å². The number of hydrogen-bond donors (Lipinski definition) is 1. The van der Waals surface area contributed by atoms with Gasteiger partial charge in [0.1, 0.15) is 0 Å². The highest BCUT2D eigenvalue weighted by Crippen LogP contribution is 2.26. The Kier molecular flexibility index (Phi) is 3.48. The quantitative estimate of drug-likeness (QED) is 0.817. The lowest BCUT2D eigenvalue weighted by Crippen LogP contribution is -2.01. The zero-order chi connectivity index (χ0) is 11.4. The minimum absolute atomic E-state index is 0.426. The first-order valence-electron chi connectivity index (χ1n) is 4.90. The topological polar surface area (TPSA) is 64.7 Å². The van der Waals surface area contributed by atoms with Crippen LogP contribution in [-0.2, 0) is 6.54 Å². The SMILES string of the molecule is Cc1cnc(Sc2cccnc2CN)nc1. The van der Waals surface area contributed by atoms with Gasteiger partial charge in [-0.2, -0.15) is 0 Å². The lowest BCUT2D eigenvalue weighted by atomic mass is 10.3. The maximum absolute atomic E-state index is 5.61. The van der Waals surface area contributed by atoms with Crippen LogP contribution in [0.5, 0.6) is 0 Å². The molecule has 0 aliphatic rings. The van der Waals surface area contributed by atoms with Gasteiger partial charge in [0, 0.05) is 30.0 Å². The monoisotopic (exact) mass is 232 g/mol. The molecule has 0 radical (unpaired) electrons. The summed E-state index contributed by atoms with van der Waals surface area (Å²) in [6, 6.07) is 3.86. The van der Waals surface area contributed by atoms with E-state index in [1.165, 1.54) is 11.8 Å². The van der Waals surface area contributed by atoms with Gasteiger partial charge in [0.2, 0.25) is 0 Å². The summed E-state index contributed by atoms with van der Waals surface area (Å²) in [7, 11) is 0. The van der Waals surface area contributed by atoms with Crippen molar-refractivity contribution in [3.05, 3.63) is 42.0 Å². The van der Waals surface area contributed by atoms with Crippen molar-refractivity contribution in [1.82, 2.24) is 15.0 Å². The molecule has 0 amide bonds. The number of nitrogens with two attached hydrogens (primary N) is 1. The third kappa shape index (κ3) is 2.56. The molecule has 0 spiro atoms. The summed E-state index contributed by atoms with van der Waals surface area (Å²) in [6.45, 7) is 2.39. The van der Waals surface area contributed by atoms with Crippen molar-refractivity contribution >= 4 is 11.8 Å². The maximum atomic E-state index is 5.61. The van der Waals surface area contributed by atoms with Crippen molar-refractivity contribution in [2.75, 3.05) is 0 Å². The molecule has 0 aliphatic carbocycles. The summed E-state index contributed by atoms with van der Waals surface area (Å²) < 4.78 is 0. The number of nitrogens with zero attached hydrogens (tertiary/aromatic N) is 3. The van der Waals surface area contributed by atoms with E-state index in [-0.39, 0.29) is 0 Å². The van der Waals surface area contributed by atoms with Crippen molar-refractivity contribution in [2.45, 2.75) is 23.5 Å². The van der Waals surface area contributed by atoms with Crippen molar-refractivity contribution in [3.63, 3.8) is 0 Å². The molecule has 0 aromatic carbocycles. The Morgan fingerprint density at radius 1 is 1.25 bits per heavy atom. The van der Waals surface area contributed by atoms with Gasteiger partial charge >= 0.3 is 0 Å². The first kappa shape index (κ1) is 11.0. The summed E-state index contributed by atoms with van der Waals surface area (Å²) >= 11 is 1.48. The van der Waals surface area contributed by atoms with E-state index in [2.05, 4.69) is 15.0 Å². The molecule has 0 fully saturated rings. The normalized spacial score (nSPS) is 10.4. The predicted octanol–water partition coefficient (Wildman–Crippen LogP) is 1.79. The fourth-order valence-corrected chi connectivity index (χ4v) is 2.01. The zero-order valence-electron chi connectivity index (χ0n) is 8.92. The summed E-state index contributed by atoms with van der Waals surface area (Å²) in [5.41, 5.74) is 7.53. The number of pyridine rings is 1. The second-order valence-corrected chi connectivity index (χ2v) is 4.31. The van der Waals surface area contributed by atoms with E-state index >= 15 is 0 Å². The van der Waals surface area contributed by atoms with E-state index in [0.717, 1.165) is 16.2 Å². The highest BCUT2D eigenvalue weighted by Gasteiger charge is 2.05. The van der Waals surface area contributed by atoms with Crippen LogP contribution in [0.1, 0.15) is 11.3 Å². The summed E-state index contributed by atoms with van der Waals surface area (Å²) in [4.78, 5) is 13.7. The fraction of sp³-hybridized carbons (Fsp3) is 0.182. The van der Waals surface area contributed by atoms with Crippen LogP contribution in [0.3, 0.4) is 0 Å². The smallest absolute Gasteiger partial charge is 0.192 e. The minimum atomic E-state index is 0.426. The Balaban J connectivity index is 2.23. The van der Waals surface area contributed by atoms with Crippen molar-refractivity contribution in [1.29, 1.82) is 0 Å². The Bertz CT molecular complexity index is 470. The zero-order valence-corrected chi connectivity index (χ0v) is 9.74. The molecule has 82 valence electrons. The van der Waals surface area contributed by atoms with Gasteiger partial charge in [0.15, 0.2) is 5.16 Å². The highest BCUT2D eigenvalue weighted by molar-refractivity contribution is 7.99. The average Bonchev–Trinajstić information content (AvgIpc) is 2.33. The van der Waals surface area contributed by atoms with Crippen LogP contribution < -0.4 is 5.73 Å². The molecule has 2 aromatic heterocycles. The molecular weight excluding hydrogens is 220 g/mol. The average molecular weight is 232 g/mol. The molecule has 0 atom stereocenters. The van der Waals surface area contributed by atoms with Crippen molar-refractivity contribution < 1.29 is 0 Å². The lowest BCUT2D eigenvalue weighted by Gasteiger charge is -2.04. The van der Waals surface area contributed by atoms with Gasteiger partial charge in [-0.1, -0.05) is 0 Å². The Morgan fingerprint density at radius 3 is 2.69 bits per heavy atom. The molecule has 2 aromatic rings. The van der Waals surface area contributed by atoms with Crippen LogP contribution in [0.4, 0.5) is 0 Å². The highest BCUT2D eigenvalue weighted by atomic mass is 32.2. The summed E-state index contributed by atoms with van der Waals surface area (Å²) in [5, 5.41) is 0.716. The molecule has 0 saturated heterocycles. The largest absolute Gasteiger partial charge is 0.325 e. The second-order valence-electron chi connectivity index (χ2n) is 3.30. The fourth-order valence-electron chi connectivity index (χ4n) is 1.20. The summed E-state index contributed by atoms with van der Waals surface area (Å²) in [6.07, 6.45) is 5.34. The molecule has 2 rings (SSSR count). The minimum Gasteiger partial charge on any atom is -0.325 e. The van der Waals surface area contributed by atoms with E-state index in [1.807, 2.05) is 19.1 Å². The Labute approximate surface area is 98.3 Å². The standard InChI is InChI=1S/C11H12N4S/c1-8-6-14-11(15-7-8)16-10-3-2-4-13-9(10)5-12/h2-4,6-7H,5,12H2,1H3. The molecular formula is C11H12N4S. The summed E-state index contributed by atoms with van der Waals surface area (Å²) in [5.74, 6) is 0. The number of aryl methyl sites for hydroxylation is 1. The van der Waals surface area contributed by atoms with Gasteiger partial charge in [-0.25, -0.2) is 9.97 Å². The van der Waals surface area contributed by atoms with Crippen LogP contribution in [-0.4, -0.2) is 15.0 Å². The molecule has 4 nitrogen and oxygen atoms in total. The van der Waals surface area contributed by atoms with E-state index in [9.17, 15) is 0 Å². The van der Waals surface area contributed by atoms with E-state index in [1.54, 1.807) is 18.6 Å². The first-order valence-corrected chi connectivity index (χ1v) is 5.71. The molecule has 0 aliphatic heterocycles. The van der Waals surface area contributed by atoms with E-state index in [4.69, 9.17) is 5.73 Å². The van der Waals surface area contributed by atoms with Gasteiger partial charge in [-0.15, -0.1) is 0 Å². The first-order chi connectivity index (χ1) is 7.79. The predicted molar refractivity (Wildman–Crippen MR) is 63.0 cm³/mol. The maximum Gasteiger partial charge on any atom is 0.192 e. The van der Waals surface area contributed by atoms with Crippen LogP contribution in [0, 0.1) is 6.92 Å². The van der Waals surface area contributed by atoms with Gasteiger partial charge in [-0.05, 0) is 36.4 Å². The molecule has 2 N–H and O–H groups in total. The molecule has 16 heavy (non-hydrogen) atoms. The molecule has 0 saturated carbocycles. The van der Waals surface area contributed by atoms with Gasteiger partial charge in [-0.3, -0.25) is 4.98 Å². The van der Waals surface area contributed by atoms with Crippen LogP contribution in [0.25, 0.3) is 0 Å². The van der Waals surface area contributed by atoms with Gasteiger partial charge < -0.3 is 5.73 Å². The Morgan fingerprint density at radius 2 is 2.00 bits per heavy atom. The number of aromatic nitrogens is 3. The van der Waals surface area contributed by atoms with Crippen molar-refractivity contribution in [3.8, 4) is 0 Å². The van der Waals surface area contributed by atoms with Gasteiger partial charge in [0.25, 0.3) is 0 Å². The third-order valence-electron chi connectivity index (χ3n) is 2.00. The van der Waals surface area contributed by atoms with E-state index < -0.39 is 0 Å². The molecule has 5 heteroatoms. The van der Waals surface area contributed by atoms with Crippen LogP contribution in [0.15, 0.2) is 40.8 Å². The van der Waals surface area contributed by atoms with E-state index in [0.29, 0.717) is 11.7 Å². The molecule has 0 bridgehead atoms. The lowest BCUT2D eigenvalue weighted by molar-refractivity contribution is 0.924.